The molecule has 0 saturated carbocycles. The quantitative estimate of drug-likeness (QED) is 0.406. The summed E-state index contributed by atoms with van der Waals surface area (Å²) in [7, 11) is -4.33. The molecule has 1 aliphatic heterocycles. The van der Waals surface area contributed by atoms with Crippen molar-refractivity contribution < 1.29 is 18.1 Å². The van der Waals surface area contributed by atoms with E-state index in [2.05, 4.69) is 10.3 Å². The number of nitrogens with one attached hydrogen (secondary N) is 1. The predicted octanol–water partition coefficient (Wildman–Crippen LogP) is 4.10. The van der Waals surface area contributed by atoms with Crippen LogP contribution >= 0.6 is 23.5 Å². The first-order valence-electron chi connectivity index (χ1n) is 9.20. The van der Waals surface area contributed by atoms with Gasteiger partial charge in [0.1, 0.15) is 0 Å². The van der Waals surface area contributed by atoms with Gasteiger partial charge in [0.25, 0.3) is 10.8 Å². The number of non-ortho nitro benzene ring substituents is 1. The topological polar surface area (TPSA) is 119 Å². The lowest BCUT2D eigenvalue weighted by molar-refractivity contribution is -0.384. The summed E-state index contributed by atoms with van der Waals surface area (Å²) in [5, 5.41) is 11.5. The van der Waals surface area contributed by atoms with E-state index < -0.39 is 25.2 Å². The van der Waals surface area contributed by atoms with Gasteiger partial charge < -0.3 is 5.32 Å². The Morgan fingerprint density at radius 1 is 1.09 bits per heavy atom. The monoisotopic (exact) mass is 485 g/mol. The maximum Gasteiger partial charge on any atom is 0.283 e. The number of carbonyl (C=O) groups is 1. The second-order valence-electron chi connectivity index (χ2n) is 6.53. The van der Waals surface area contributed by atoms with Crippen LogP contribution in [-0.2, 0) is 14.6 Å². The Hall–Kier alpha value is -3.15. The molecule has 0 fully saturated rings. The fourth-order valence-corrected chi connectivity index (χ4v) is 6.41. The number of nitro groups is 1. The van der Waals surface area contributed by atoms with E-state index in [1.807, 2.05) is 36.4 Å². The largest absolute Gasteiger partial charge is 0.371 e. The van der Waals surface area contributed by atoms with E-state index in [1.165, 1.54) is 11.8 Å². The number of pyridine rings is 1. The highest BCUT2D eigenvalue weighted by atomic mass is 32.2. The number of carbonyl (C=O) groups excluding carboxylic acids is 1. The second-order valence-corrected chi connectivity index (χ2v) is 10.7. The Kier molecular flexibility index (Phi) is 6.31. The van der Waals surface area contributed by atoms with Crippen LogP contribution in [-0.4, -0.2) is 28.8 Å². The van der Waals surface area contributed by atoms with Gasteiger partial charge in [-0.05, 0) is 30.3 Å². The lowest BCUT2D eigenvalue weighted by atomic mass is 10.3. The molecule has 32 heavy (non-hydrogen) atoms. The van der Waals surface area contributed by atoms with Gasteiger partial charge in [-0.25, -0.2) is 8.42 Å². The van der Waals surface area contributed by atoms with Crippen molar-refractivity contribution in [1.29, 1.82) is 0 Å². The van der Waals surface area contributed by atoms with Crippen molar-refractivity contribution >= 4 is 49.1 Å². The highest BCUT2D eigenvalue weighted by molar-refractivity contribution is 8.14. The molecule has 162 valence electrons. The molecule has 1 atom stereocenters. The van der Waals surface area contributed by atoms with Crippen LogP contribution in [0, 0.1) is 10.1 Å². The van der Waals surface area contributed by atoms with E-state index in [4.69, 9.17) is 0 Å². The van der Waals surface area contributed by atoms with Crippen molar-refractivity contribution in [3.05, 3.63) is 94.9 Å². The number of rotatable bonds is 6. The van der Waals surface area contributed by atoms with Gasteiger partial charge in [-0.1, -0.05) is 41.7 Å². The SMILES string of the molecule is O=C(C1NC=C(c2cnccc2Sc2ccccc2)S1)S(=O)(=O)c1ccc([N+](=O)[O-])cc1. The minimum Gasteiger partial charge on any atom is -0.371 e. The van der Waals surface area contributed by atoms with Crippen LogP contribution in [0.25, 0.3) is 4.91 Å². The molecule has 4 rings (SSSR count). The molecule has 1 aliphatic rings. The van der Waals surface area contributed by atoms with Gasteiger partial charge in [-0.15, -0.1) is 0 Å². The van der Waals surface area contributed by atoms with Gasteiger partial charge in [-0.3, -0.25) is 19.9 Å². The number of hydrogen-bond acceptors (Lipinski definition) is 9. The molecular weight excluding hydrogens is 470 g/mol. The summed E-state index contributed by atoms with van der Waals surface area (Å²) >= 11 is 2.62. The van der Waals surface area contributed by atoms with Crippen molar-refractivity contribution in [2.75, 3.05) is 0 Å². The number of hydrogen-bond donors (Lipinski definition) is 1. The third-order valence-electron chi connectivity index (χ3n) is 4.46. The van der Waals surface area contributed by atoms with Gasteiger partial charge in [0.05, 0.1) is 9.82 Å². The normalized spacial score (nSPS) is 15.6. The van der Waals surface area contributed by atoms with Gasteiger partial charge in [-0.2, -0.15) is 0 Å². The average Bonchev–Trinajstić information content (AvgIpc) is 3.29. The van der Waals surface area contributed by atoms with Crippen molar-refractivity contribution in [1.82, 2.24) is 10.3 Å². The van der Waals surface area contributed by atoms with Crippen molar-refractivity contribution in [3.8, 4) is 0 Å². The van der Waals surface area contributed by atoms with Crippen molar-refractivity contribution in [2.24, 2.45) is 0 Å². The molecule has 0 bridgehead atoms. The molecule has 0 radical (unpaired) electrons. The molecule has 1 aromatic heterocycles. The van der Waals surface area contributed by atoms with E-state index in [0.717, 1.165) is 51.4 Å². The number of nitrogens with zero attached hydrogens (tertiary/aromatic N) is 2. The first kappa shape index (κ1) is 22.1. The Morgan fingerprint density at radius 3 is 2.50 bits per heavy atom. The third kappa shape index (κ3) is 4.54. The van der Waals surface area contributed by atoms with E-state index in [0.29, 0.717) is 4.91 Å². The zero-order chi connectivity index (χ0) is 22.7. The number of thioether (sulfide) groups is 1. The van der Waals surface area contributed by atoms with Crippen molar-refractivity contribution in [3.63, 3.8) is 0 Å². The fourth-order valence-electron chi connectivity index (χ4n) is 2.88. The summed E-state index contributed by atoms with van der Waals surface area (Å²) in [5.41, 5.74) is 0.524. The lowest BCUT2D eigenvalue weighted by Crippen LogP contribution is -2.33. The van der Waals surface area contributed by atoms with Crippen molar-refractivity contribution in [2.45, 2.75) is 20.1 Å². The van der Waals surface area contributed by atoms with Gasteiger partial charge in [0.2, 0.25) is 9.84 Å². The van der Waals surface area contributed by atoms with E-state index >= 15 is 0 Å². The minimum absolute atomic E-state index is 0.256. The fraction of sp³-hybridized carbons (Fsp3) is 0.0476. The number of benzene rings is 2. The Morgan fingerprint density at radius 2 is 1.81 bits per heavy atom. The average molecular weight is 486 g/mol. The van der Waals surface area contributed by atoms with Crippen LogP contribution in [0.15, 0.2) is 93.9 Å². The molecule has 0 aliphatic carbocycles. The summed E-state index contributed by atoms with van der Waals surface area (Å²) in [6.45, 7) is 0. The summed E-state index contributed by atoms with van der Waals surface area (Å²) < 4.78 is 25.5. The van der Waals surface area contributed by atoms with Gasteiger partial charge in [0, 0.05) is 51.0 Å². The Balaban J connectivity index is 1.52. The molecular formula is C21H15N3O5S3. The number of aromatic nitrogens is 1. The van der Waals surface area contributed by atoms with Gasteiger partial charge in [0.15, 0.2) is 5.37 Å². The molecule has 11 heteroatoms. The predicted molar refractivity (Wildman–Crippen MR) is 123 cm³/mol. The second kappa shape index (κ2) is 9.15. The van der Waals surface area contributed by atoms with E-state index in [9.17, 15) is 23.3 Å². The third-order valence-corrected chi connectivity index (χ3v) is 8.53. The maximum absolute atomic E-state index is 12.8. The Labute approximate surface area is 192 Å². The van der Waals surface area contributed by atoms with E-state index in [-0.39, 0.29) is 10.6 Å². The van der Waals surface area contributed by atoms with Crippen LogP contribution < -0.4 is 5.32 Å². The highest BCUT2D eigenvalue weighted by Gasteiger charge is 2.36. The molecule has 0 saturated heterocycles. The van der Waals surface area contributed by atoms with Crippen LogP contribution in [0.1, 0.15) is 5.56 Å². The Bertz CT molecular complexity index is 1310. The summed E-state index contributed by atoms with van der Waals surface area (Å²) in [5.74, 6) is 0. The highest BCUT2D eigenvalue weighted by Crippen LogP contribution is 2.41. The zero-order valence-corrected chi connectivity index (χ0v) is 18.7. The molecule has 0 amide bonds. The zero-order valence-electron chi connectivity index (χ0n) is 16.2. The molecule has 3 aromatic rings. The number of nitro benzene ring substituents is 1. The lowest BCUT2D eigenvalue weighted by Gasteiger charge is -2.12. The summed E-state index contributed by atoms with van der Waals surface area (Å²) in [6, 6.07) is 15.9. The van der Waals surface area contributed by atoms with Crippen LogP contribution in [0.4, 0.5) is 5.69 Å². The van der Waals surface area contributed by atoms with E-state index in [1.54, 1.807) is 18.6 Å². The molecule has 8 nitrogen and oxygen atoms in total. The smallest absolute Gasteiger partial charge is 0.283 e. The number of sulfone groups is 1. The maximum atomic E-state index is 12.8. The first-order chi connectivity index (χ1) is 15.4. The minimum atomic E-state index is -4.33. The standard InChI is InChI=1S/C21H15N3O5S3/c25-21(32(28,29)16-8-6-14(7-9-16)24(26)27)20-23-13-19(31-20)17-12-22-11-10-18(17)30-15-4-2-1-3-5-15/h1-13,20,23H. The van der Waals surface area contributed by atoms with Crippen LogP contribution in [0.2, 0.25) is 0 Å². The summed E-state index contributed by atoms with van der Waals surface area (Å²) in [4.78, 5) is 29.4. The summed E-state index contributed by atoms with van der Waals surface area (Å²) in [6.07, 6.45) is 4.94. The first-order valence-corrected chi connectivity index (χ1v) is 12.4. The van der Waals surface area contributed by atoms with Gasteiger partial charge >= 0.3 is 0 Å². The molecule has 0 spiro atoms. The molecule has 1 N–H and O–H groups in total. The molecule has 1 unspecified atom stereocenters. The molecule has 2 heterocycles. The molecule has 2 aromatic carbocycles. The van der Waals surface area contributed by atoms with Crippen LogP contribution in [0.3, 0.4) is 0 Å². The van der Waals surface area contributed by atoms with Crippen LogP contribution in [0.5, 0.6) is 0 Å².